The van der Waals surface area contributed by atoms with Crippen molar-refractivity contribution in [2.24, 2.45) is 0 Å². The summed E-state index contributed by atoms with van der Waals surface area (Å²) in [6, 6.07) is 0. The second-order valence-electron chi connectivity index (χ2n) is 5.47. The zero-order valence-electron chi connectivity index (χ0n) is 9.83. The maximum Gasteiger partial charge on any atom is 0.197 e. The Hall–Kier alpha value is 0.460. The molecule has 0 amide bonds. The fraction of sp³-hybridized carbons (Fsp3) is 1.00. The van der Waals surface area contributed by atoms with Gasteiger partial charge in [-0.15, -0.1) is 0 Å². The summed E-state index contributed by atoms with van der Waals surface area (Å²) in [6.07, 6.45) is -0.738. The zero-order valence-corrected chi connectivity index (χ0v) is 11.3. The van der Waals surface area contributed by atoms with Gasteiger partial charge in [0.05, 0.1) is 42.3 Å². The van der Waals surface area contributed by atoms with Crippen LogP contribution in [0.25, 0.3) is 0 Å². The highest BCUT2D eigenvalue weighted by molar-refractivity contribution is 6.23. The monoisotopic (exact) mass is 244 g/mol. The Morgan fingerprint density at radius 2 is 1.00 bits per heavy atom. The first-order valence-electron chi connectivity index (χ1n) is 4.56. The minimum absolute atomic E-state index is 0.408. The highest BCUT2D eigenvalue weighted by Crippen LogP contribution is 2.22. The molecule has 0 radical (unpaired) electrons. The van der Waals surface area contributed by atoms with Crippen LogP contribution in [-0.2, 0) is 0 Å². The van der Waals surface area contributed by atoms with Crippen molar-refractivity contribution in [1.29, 1.82) is 0 Å². The van der Waals surface area contributed by atoms with Crippen molar-refractivity contribution in [2.75, 3.05) is 42.3 Å². The molecule has 0 saturated carbocycles. The van der Waals surface area contributed by atoms with E-state index in [1.165, 1.54) is 0 Å². The van der Waals surface area contributed by atoms with Gasteiger partial charge >= 0.3 is 0 Å². The van der Waals surface area contributed by atoms with E-state index >= 15 is 0 Å². The largest absolute Gasteiger partial charge is 0.379 e. The molecule has 0 aromatic heterocycles. The highest BCUT2D eigenvalue weighted by Gasteiger charge is 2.40. The average Bonchev–Trinajstić information content (AvgIpc) is 1.97. The smallest absolute Gasteiger partial charge is 0.197 e. The van der Waals surface area contributed by atoms with Crippen LogP contribution in [0.2, 0.25) is 0 Å². The van der Waals surface area contributed by atoms with Gasteiger partial charge in [0.15, 0.2) is 17.1 Å². The number of rotatable bonds is 4. The second kappa shape index (κ2) is 4.54. The Balaban J connectivity index is 4.56. The molecule has 0 bridgehead atoms. The maximum absolute atomic E-state index is 9.96. The summed E-state index contributed by atoms with van der Waals surface area (Å²) in [6.45, 7) is 0. The predicted octanol–water partition coefficient (Wildman–Crippen LogP) is 0.889. The number of halogens is 2. The molecule has 0 fully saturated rings. The van der Waals surface area contributed by atoms with E-state index in [4.69, 9.17) is 23.2 Å². The molecule has 0 heterocycles. The molecule has 86 valence electrons. The summed E-state index contributed by atoms with van der Waals surface area (Å²) in [5, 5.41) is 9.96. The minimum atomic E-state index is -0.738. The standard InChI is InChI=1S/C9H22Cl2N2O/c1-12(2,3)8(10)7(14)9(11)13(4,5)6/h7-9,14H,1-6H3/q+2. The van der Waals surface area contributed by atoms with Crippen LogP contribution in [0.5, 0.6) is 0 Å². The number of nitrogens with zero attached hydrogens (tertiary/aromatic N) is 2. The Kier molecular flexibility index (Phi) is 4.69. The Morgan fingerprint density at radius 1 is 0.786 bits per heavy atom. The molecule has 0 spiro atoms. The molecule has 0 rings (SSSR count). The van der Waals surface area contributed by atoms with Gasteiger partial charge in [0.1, 0.15) is 0 Å². The zero-order chi connectivity index (χ0) is 11.7. The summed E-state index contributed by atoms with van der Waals surface area (Å²) < 4.78 is 0.956. The van der Waals surface area contributed by atoms with E-state index < -0.39 is 17.1 Å². The molecular weight excluding hydrogens is 223 g/mol. The number of hydrogen-bond acceptors (Lipinski definition) is 1. The molecule has 0 aromatic rings. The lowest BCUT2D eigenvalue weighted by atomic mass is 10.2. The van der Waals surface area contributed by atoms with Gasteiger partial charge in [0, 0.05) is 0 Å². The number of likely N-dealkylation sites (N-methyl/N-ethyl adjacent to an activating group) is 2. The molecule has 5 heteroatoms. The van der Waals surface area contributed by atoms with Crippen LogP contribution in [0.15, 0.2) is 0 Å². The summed E-state index contributed by atoms with van der Waals surface area (Å²) in [5.74, 6) is 0. The molecule has 0 saturated heterocycles. The number of quaternary nitrogens is 2. The third-order valence-electron chi connectivity index (χ3n) is 2.04. The number of hydrogen-bond donors (Lipinski definition) is 1. The van der Waals surface area contributed by atoms with Gasteiger partial charge in [-0.25, -0.2) is 0 Å². The Morgan fingerprint density at radius 3 is 1.14 bits per heavy atom. The summed E-state index contributed by atoms with van der Waals surface area (Å²) >= 11 is 12.3. The predicted molar refractivity (Wildman–Crippen MR) is 61.4 cm³/mol. The molecule has 0 aliphatic rings. The first-order valence-corrected chi connectivity index (χ1v) is 5.43. The van der Waals surface area contributed by atoms with Gasteiger partial charge in [-0.05, 0) is 0 Å². The molecule has 0 aromatic carbocycles. The number of aliphatic hydroxyl groups excluding tert-OH is 1. The lowest BCUT2D eigenvalue weighted by Gasteiger charge is -2.38. The third kappa shape index (κ3) is 3.91. The lowest BCUT2D eigenvalue weighted by Crippen LogP contribution is -2.57. The fourth-order valence-corrected chi connectivity index (χ4v) is 1.40. The Bertz CT molecular complexity index is 166. The first kappa shape index (κ1) is 14.5. The lowest BCUT2D eigenvalue weighted by molar-refractivity contribution is -0.910. The molecule has 0 aliphatic carbocycles. The summed E-state index contributed by atoms with van der Waals surface area (Å²) in [5.41, 5.74) is -0.815. The van der Waals surface area contributed by atoms with Crippen molar-refractivity contribution in [1.82, 2.24) is 0 Å². The van der Waals surface area contributed by atoms with Crippen molar-refractivity contribution >= 4 is 23.2 Å². The number of alkyl halides is 2. The normalized spacial score (nSPS) is 20.4. The SMILES string of the molecule is C[N+](C)(C)C(Cl)C(O)C(Cl)[N+](C)(C)C. The first-order chi connectivity index (χ1) is 5.98. The van der Waals surface area contributed by atoms with Crippen molar-refractivity contribution in [3.63, 3.8) is 0 Å². The molecule has 0 aliphatic heterocycles. The second-order valence-corrected chi connectivity index (χ2v) is 6.36. The van der Waals surface area contributed by atoms with Crippen molar-refractivity contribution in [3.05, 3.63) is 0 Å². The van der Waals surface area contributed by atoms with E-state index in [-0.39, 0.29) is 0 Å². The van der Waals surface area contributed by atoms with Gasteiger partial charge in [0.25, 0.3) is 0 Å². The minimum Gasteiger partial charge on any atom is -0.379 e. The van der Waals surface area contributed by atoms with Crippen LogP contribution in [0.1, 0.15) is 0 Å². The Labute approximate surface area is 97.0 Å². The van der Waals surface area contributed by atoms with Gasteiger partial charge in [-0.1, -0.05) is 23.2 Å². The summed E-state index contributed by atoms with van der Waals surface area (Å²) in [7, 11) is 11.6. The summed E-state index contributed by atoms with van der Waals surface area (Å²) in [4.78, 5) is 0. The topological polar surface area (TPSA) is 20.2 Å². The average molecular weight is 245 g/mol. The van der Waals surface area contributed by atoms with Crippen LogP contribution in [0.4, 0.5) is 0 Å². The van der Waals surface area contributed by atoms with Crippen LogP contribution < -0.4 is 0 Å². The molecule has 2 unspecified atom stereocenters. The van der Waals surface area contributed by atoms with E-state index in [1.807, 2.05) is 42.3 Å². The van der Waals surface area contributed by atoms with Crippen LogP contribution >= 0.6 is 23.2 Å². The van der Waals surface area contributed by atoms with Gasteiger partial charge < -0.3 is 14.1 Å². The van der Waals surface area contributed by atoms with E-state index in [2.05, 4.69) is 0 Å². The quantitative estimate of drug-likeness (QED) is 0.443. The van der Waals surface area contributed by atoms with Crippen molar-refractivity contribution in [3.8, 4) is 0 Å². The molecule has 3 nitrogen and oxygen atoms in total. The fourth-order valence-electron chi connectivity index (χ4n) is 1.05. The highest BCUT2D eigenvalue weighted by atomic mass is 35.5. The van der Waals surface area contributed by atoms with Crippen LogP contribution in [0.3, 0.4) is 0 Å². The van der Waals surface area contributed by atoms with Gasteiger partial charge in [-0.3, -0.25) is 0 Å². The maximum atomic E-state index is 9.96. The van der Waals surface area contributed by atoms with Crippen molar-refractivity contribution < 1.29 is 14.1 Å². The number of aliphatic hydroxyl groups is 1. The van der Waals surface area contributed by atoms with E-state index in [0.717, 1.165) is 0 Å². The third-order valence-corrected chi connectivity index (χ3v) is 3.73. The van der Waals surface area contributed by atoms with E-state index in [9.17, 15) is 5.11 Å². The van der Waals surface area contributed by atoms with Gasteiger partial charge in [-0.2, -0.15) is 0 Å². The van der Waals surface area contributed by atoms with Crippen LogP contribution in [0, 0.1) is 0 Å². The van der Waals surface area contributed by atoms with Gasteiger partial charge in [0.2, 0.25) is 0 Å². The van der Waals surface area contributed by atoms with Crippen LogP contribution in [-0.4, -0.2) is 73.5 Å². The van der Waals surface area contributed by atoms with E-state index in [0.29, 0.717) is 8.97 Å². The van der Waals surface area contributed by atoms with E-state index in [1.54, 1.807) is 0 Å². The molecule has 14 heavy (non-hydrogen) atoms. The van der Waals surface area contributed by atoms with Crippen molar-refractivity contribution in [2.45, 2.75) is 17.1 Å². The molecular formula is C9H22Cl2N2O+2. The molecule has 1 N–H and O–H groups in total. The molecule has 2 atom stereocenters.